The minimum Gasteiger partial charge on any atom is -0.321 e. The first kappa shape index (κ1) is 14.0. The first-order valence-electron chi connectivity index (χ1n) is 6.68. The third-order valence-corrected chi connectivity index (χ3v) is 5.06. The third-order valence-electron chi connectivity index (χ3n) is 4.45. The average Bonchev–Trinajstić information content (AvgIpc) is 2.98. The standard InChI is InChI=1S/C13H23BrN4/c1-4-13(2,18-7-5-6-8-18)12(15)11-10(14)9-16-17(11)3/h9,12H,4-8,15H2,1-3H3. The van der Waals surface area contributed by atoms with Gasteiger partial charge in [-0.2, -0.15) is 5.10 Å². The van der Waals surface area contributed by atoms with E-state index in [1.54, 1.807) is 0 Å². The van der Waals surface area contributed by atoms with E-state index < -0.39 is 0 Å². The van der Waals surface area contributed by atoms with E-state index >= 15 is 0 Å². The van der Waals surface area contributed by atoms with Gasteiger partial charge in [0, 0.05) is 12.6 Å². The van der Waals surface area contributed by atoms with Crippen LogP contribution in [0.4, 0.5) is 0 Å². The maximum atomic E-state index is 6.58. The van der Waals surface area contributed by atoms with Crippen molar-refractivity contribution < 1.29 is 0 Å². The van der Waals surface area contributed by atoms with Crippen molar-refractivity contribution in [3.63, 3.8) is 0 Å². The van der Waals surface area contributed by atoms with Crippen LogP contribution in [0.1, 0.15) is 44.8 Å². The van der Waals surface area contributed by atoms with Crippen molar-refractivity contribution in [3.8, 4) is 0 Å². The number of likely N-dealkylation sites (tertiary alicyclic amines) is 1. The molecule has 18 heavy (non-hydrogen) atoms. The fourth-order valence-corrected chi connectivity index (χ4v) is 3.53. The summed E-state index contributed by atoms with van der Waals surface area (Å²) < 4.78 is 2.90. The van der Waals surface area contributed by atoms with Gasteiger partial charge >= 0.3 is 0 Å². The van der Waals surface area contributed by atoms with Crippen molar-refractivity contribution in [2.45, 2.75) is 44.7 Å². The van der Waals surface area contributed by atoms with Gasteiger partial charge in [-0.05, 0) is 55.2 Å². The molecule has 0 bridgehead atoms. The van der Waals surface area contributed by atoms with E-state index in [1.165, 1.54) is 12.8 Å². The van der Waals surface area contributed by atoms with Gasteiger partial charge in [-0.25, -0.2) is 0 Å². The van der Waals surface area contributed by atoms with Gasteiger partial charge in [-0.15, -0.1) is 0 Å². The second-order valence-electron chi connectivity index (χ2n) is 5.38. The highest BCUT2D eigenvalue weighted by Crippen LogP contribution is 2.37. The fourth-order valence-electron chi connectivity index (χ4n) is 2.93. The van der Waals surface area contributed by atoms with E-state index in [1.807, 2.05) is 17.9 Å². The molecule has 0 saturated carbocycles. The smallest absolute Gasteiger partial charge is 0.0709 e. The summed E-state index contributed by atoms with van der Waals surface area (Å²) in [5.74, 6) is 0. The second-order valence-corrected chi connectivity index (χ2v) is 6.24. The minimum atomic E-state index is -0.0255. The Morgan fingerprint density at radius 1 is 1.50 bits per heavy atom. The van der Waals surface area contributed by atoms with Gasteiger partial charge in [0.2, 0.25) is 0 Å². The Balaban J connectivity index is 2.32. The van der Waals surface area contributed by atoms with E-state index in [9.17, 15) is 0 Å². The largest absolute Gasteiger partial charge is 0.321 e. The summed E-state index contributed by atoms with van der Waals surface area (Å²) in [5.41, 5.74) is 7.67. The van der Waals surface area contributed by atoms with Gasteiger partial charge in [-0.1, -0.05) is 6.92 Å². The predicted octanol–water partition coefficient (Wildman–Crippen LogP) is 2.45. The SMILES string of the molecule is CCC(C)(C(N)c1c(Br)cnn1C)N1CCCC1. The van der Waals surface area contributed by atoms with Crippen LogP contribution < -0.4 is 5.73 Å². The van der Waals surface area contributed by atoms with Crippen LogP contribution in [0.15, 0.2) is 10.7 Å². The van der Waals surface area contributed by atoms with Crippen LogP contribution in [0.2, 0.25) is 0 Å². The lowest BCUT2D eigenvalue weighted by molar-refractivity contribution is 0.0967. The maximum absolute atomic E-state index is 6.58. The Bertz CT molecular complexity index is 392. The first-order valence-corrected chi connectivity index (χ1v) is 7.48. The number of aryl methyl sites for hydroxylation is 1. The van der Waals surface area contributed by atoms with E-state index in [2.05, 4.69) is 39.8 Å². The molecule has 2 atom stereocenters. The Hall–Kier alpha value is -0.390. The summed E-state index contributed by atoms with van der Waals surface area (Å²) in [6.45, 7) is 6.83. The number of hydrogen-bond acceptors (Lipinski definition) is 3. The molecule has 1 fully saturated rings. The number of rotatable bonds is 4. The fraction of sp³-hybridized carbons (Fsp3) is 0.769. The van der Waals surface area contributed by atoms with E-state index in [4.69, 9.17) is 5.73 Å². The lowest BCUT2D eigenvalue weighted by atomic mass is 9.86. The molecule has 2 heterocycles. The van der Waals surface area contributed by atoms with Crippen molar-refractivity contribution in [2.24, 2.45) is 12.8 Å². The van der Waals surface area contributed by atoms with Gasteiger partial charge in [0.05, 0.1) is 22.4 Å². The van der Waals surface area contributed by atoms with Crippen molar-refractivity contribution in [1.82, 2.24) is 14.7 Å². The highest BCUT2D eigenvalue weighted by atomic mass is 79.9. The molecule has 5 heteroatoms. The minimum absolute atomic E-state index is 0.00676. The van der Waals surface area contributed by atoms with Crippen molar-refractivity contribution in [3.05, 3.63) is 16.4 Å². The Morgan fingerprint density at radius 3 is 2.56 bits per heavy atom. The molecule has 2 N–H and O–H groups in total. The molecule has 1 aromatic heterocycles. The quantitative estimate of drug-likeness (QED) is 0.928. The van der Waals surface area contributed by atoms with E-state index in [0.717, 1.165) is 29.7 Å². The normalized spacial score (nSPS) is 22.1. The van der Waals surface area contributed by atoms with Crippen LogP contribution in [0.5, 0.6) is 0 Å². The average molecular weight is 315 g/mol. The zero-order valence-corrected chi connectivity index (χ0v) is 13.1. The van der Waals surface area contributed by atoms with E-state index in [0.29, 0.717) is 0 Å². The van der Waals surface area contributed by atoms with Crippen molar-refractivity contribution >= 4 is 15.9 Å². The molecule has 1 aliphatic rings. The molecular formula is C13H23BrN4. The van der Waals surface area contributed by atoms with Crippen molar-refractivity contribution in [1.29, 1.82) is 0 Å². The molecule has 0 radical (unpaired) electrons. The molecule has 0 amide bonds. The topological polar surface area (TPSA) is 47.1 Å². The Labute approximate surface area is 118 Å². The number of hydrogen-bond donors (Lipinski definition) is 1. The van der Waals surface area contributed by atoms with Gasteiger partial charge in [0.25, 0.3) is 0 Å². The van der Waals surface area contributed by atoms with Crippen LogP contribution in [-0.4, -0.2) is 33.3 Å². The summed E-state index contributed by atoms with van der Waals surface area (Å²) in [6.07, 6.45) is 5.45. The lowest BCUT2D eigenvalue weighted by Crippen LogP contribution is -2.52. The number of nitrogens with two attached hydrogens (primary N) is 1. The third kappa shape index (κ3) is 2.24. The number of nitrogens with zero attached hydrogens (tertiary/aromatic N) is 3. The second kappa shape index (κ2) is 5.31. The maximum Gasteiger partial charge on any atom is 0.0709 e. The summed E-state index contributed by atoms with van der Waals surface area (Å²) >= 11 is 3.57. The molecule has 0 aromatic carbocycles. The Kier molecular flexibility index (Phi) is 4.14. The Morgan fingerprint density at radius 2 is 2.11 bits per heavy atom. The van der Waals surface area contributed by atoms with Crippen LogP contribution in [0.25, 0.3) is 0 Å². The molecule has 1 aliphatic heterocycles. The van der Waals surface area contributed by atoms with E-state index in [-0.39, 0.29) is 11.6 Å². The molecule has 0 spiro atoms. The van der Waals surface area contributed by atoms with Crippen molar-refractivity contribution in [2.75, 3.05) is 13.1 Å². The molecule has 0 aliphatic carbocycles. The van der Waals surface area contributed by atoms with Gasteiger partial charge in [0.1, 0.15) is 0 Å². The van der Waals surface area contributed by atoms with Crippen LogP contribution in [0, 0.1) is 0 Å². The molecule has 1 aromatic rings. The molecule has 2 rings (SSSR count). The summed E-state index contributed by atoms with van der Waals surface area (Å²) in [5, 5.41) is 4.28. The number of aromatic nitrogens is 2. The zero-order chi connectivity index (χ0) is 13.3. The molecule has 102 valence electrons. The lowest BCUT2D eigenvalue weighted by Gasteiger charge is -2.43. The molecular weight excluding hydrogens is 292 g/mol. The number of halogens is 1. The predicted molar refractivity (Wildman–Crippen MR) is 77.3 cm³/mol. The van der Waals surface area contributed by atoms with Crippen LogP contribution in [0.3, 0.4) is 0 Å². The zero-order valence-electron chi connectivity index (χ0n) is 11.5. The molecule has 4 nitrogen and oxygen atoms in total. The summed E-state index contributed by atoms with van der Waals surface area (Å²) in [6, 6.07) is -0.0255. The highest BCUT2D eigenvalue weighted by Gasteiger charge is 2.40. The monoisotopic (exact) mass is 314 g/mol. The van der Waals surface area contributed by atoms with Crippen LogP contribution in [-0.2, 0) is 7.05 Å². The van der Waals surface area contributed by atoms with Gasteiger partial charge in [0.15, 0.2) is 0 Å². The first-order chi connectivity index (χ1) is 8.50. The molecule has 1 saturated heterocycles. The summed E-state index contributed by atoms with van der Waals surface area (Å²) in [7, 11) is 1.96. The van der Waals surface area contributed by atoms with Crippen LogP contribution >= 0.6 is 15.9 Å². The van der Waals surface area contributed by atoms with Gasteiger partial charge in [-0.3, -0.25) is 9.58 Å². The summed E-state index contributed by atoms with van der Waals surface area (Å²) in [4.78, 5) is 2.54. The highest BCUT2D eigenvalue weighted by molar-refractivity contribution is 9.10. The molecule has 2 unspecified atom stereocenters. The van der Waals surface area contributed by atoms with Gasteiger partial charge < -0.3 is 5.73 Å².